The van der Waals surface area contributed by atoms with Crippen molar-refractivity contribution in [1.29, 1.82) is 0 Å². The zero-order chi connectivity index (χ0) is 7.58. The highest BCUT2D eigenvalue weighted by atomic mass is 32.1. The van der Waals surface area contributed by atoms with Crippen molar-refractivity contribution in [1.82, 2.24) is 0 Å². The summed E-state index contributed by atoms with van der Waals surface area (Å²) in [6.07, 6.45) is 0. The molecule has 0 aromatic heterocycles. The van der Waals surface area contributed by atoms with Crippen molar-refractivity contribution in [3.63, 3.8) is 0 Å². The second-order valence-electron chi connectivity index (χ2n) is 0.402. The molecule has 0 aromatic carbocycles. The lowest BCUT2D eigenvalue weighted by Gasteiger charge is -1.68. The number of hydrogen-bond donors (Lipinski definition) is 4. The molecule has 0 aliphatic heterocycles. The third-order valence-corrected chi connectivity index (χ3v) is 0. The van der Waals surface area contributed by atoms with Crippen LogP contribution in [0.5, 0.6) is 0 Å². The van der Waals surface area contributed by atoms with Gasteiger partial charge in [-0.05, 0) is 12.2 Å². The molecule has 52 valence electrons. The highest BCUT2D eigenvalue weighted by Crippen LogP contribution is 1.32. The van der Waals surface area contributed by atoms with E-state index in [4.69, 9.17) is 10.2 Å². The highest BCUT2D eigenvalue weighted by molar-refractivity contribution is 7.80. The molecule has 0 bridgehead atoms. The minimum atomic E-state index is 0.000000000000000222. The molecular formula is C3H12N2O2S. The third kappa shape index (κ3) is 784. The Morgan fingerprint density at radius 1 is 1.12 bits per heavy atom. The quantitative estimate of drug-likeness (QED) is 0.304. The van der Waals surface area contributed by atoms with Crippen LogP contribution in [-0.4, -0.2) is 29.5 Å². The van der Waals surface area contributed by atoms with Gasteiger partial charge in [0.2, 0.25) is 0 Å². The van der Waals surface area contributed by atoms with Crippen molar-refractivity contribution in [2.24, 2.45) is 11.5 Å². The number of rotatable bonds is 0. The number of aliphatic hydroxyl groups excluding tert-OH is 2. The first-order valence-corrected chi connectivity index (χ1v) is 2.08. The Morgan fingerprint density at radius 2 is 1.12 bits per heavy atom. The standard InChI is InChI=1S/CH4N2S.2CH4O/c2-1(3)4;2*1-2/h(H4,2,3,4);2*2H,1H3. The van der Waals surface area contributed by atoms with Gasteiger partial charge in [-0.2, -0.15) is 0 Å². The van der Waals surface area contributed by atoms with E-state index in [1.54, 1.807) is 0 Å². The van der Waals surface area contributed by atoms with Gasteiger partial charge in [0.05, 0.1) is 0 Å². The Labute approximate surface area is 54.1 Å². The van der Waals surface area contributed by atoms with E-state index in [9.17, 15) is 0 Å². The fourth-order valence-electron chi connectivity index (χ4n) is 0. The lowest BCUT2D eigenvalue weighted by Crippen LogP contribution is -2.18. The summed E-state index contributed by atoms with van der Waals surface area (Å²) in [4.78, 5) is 0. The molecule has 5 heteroatoms. The zero-order valence-electron chi connectivity index (χ0n) is 4.96. The number of aliphatic hydroxyl groups is 2. The summed E-state index contributed by atoms with van der Waals surface area (Å²) >= 11 is 4.09. The van der Waals surface area contributed by atoms with E-state index in [-0.39, 0.29) is 5.11 Å². The molecule has 0 aliphatic carbocycles. The van der Waals surface area contributed by atoms with Gasteiger partial charge in [-0.1, -0.05) is 0 Å². The highest BCUT2D eigenvalue weighted by Gasteiger charge is 1.53. The fourth-order valence-corrected chi connectivity index (χ4v) is 0. The monoisotopic (exact) mass is 140 g/mol. The first-order valence-electron chi connectivity index (χ1n) is 1.68. The smallest absolute Gasteiger partial charge is 0.160 e. The van der Waals surface area contributed by atoms with Gasteiger partial charge in [0.15, 0.2) is 5.11 Å². The Kier molecular flexibility index (Phi) is 59.7. The molecule has 0 radical (unpaired) electrons. The van der Waals surface area contributed by atoms with E-state index in [2.05, 4.69) is 23.7 Å². The topological polar surface area (TPSA) is 92.5 Å². The van der Waals surface area contributed by atoms with Crippen molar-refractivity contribution >= 4 is 17.3 Å². The normalized spacial score (nSPS) is 4.50. The predicted molar refractivity (Wildman–Crippen MR) is 37.3 cm³/mol. The van der Waals surface area contributed by atoms with Crippen molar-refractivity contribution in [3.8, 4) is 0 Å². The van der Waals surface area contributed by atoms with Crippen molar-refractivity contribution in [2.45, 2.75) is 0 Å². The lowest BCUT2D eigenvalue weighted by atomic mass is 11.3. The summed E-state index contributed by atoms with van der Waals surface area (Å²) in [6, 6.07) is 0. The Hall–Kier alpha value is -0.390. The summed E-state index contributed by atoms with van der Waals surface area (Å²) in [6.45, 7) is 0. The van der Waals surface area contributed by atoms with Gasteiger partial charge in [-0.15, -0.1) is 0 Å². The summed E-state index contributed by atoms with van der Waals surface area (Å²) in [7, 11) is 2.00. The molecule has 8 heavy (non-hydrogen) atoms. The first kappa shape index (κ1) is 15.6. The fraction of sp³-hybridized carbons (Fsp3) is 0.667. The van der Waals surface area contributed by atoms with E-state index in [1.165, 1.54) is 0 Å². The SMILES string of the molecule is CO.CO.NC(N)=S. The third-order valence-electron chi connectivity index (χ3n) is 0. The van der Waals surface area contributed by atoms with Crippen LogP contribution in [-0.2, 0) is 0 Å². The predicted octanol–water partition coefficient (Wildman–Crippen LogP) is -1.59. The lowest BCUT2D eigenvalue weighted by molar-refractivity contribution is 0.399. The van der Waals surface area contributed by atoms with E-state index >= 15 is 0 Å². The second kappa shape index (κ2) is 30.5. The van der Waals surface area contributed by atoms with Crippen LogP contribution in [0.15, 0.2) is 0 Å². The van der Waals surface area contributed by atoms with Gasteiger partial charge >= 0.3 is 0 Å². The average molecular weight is 140 g/mol. The van der Waals surface area contributed by atoms with Crippen molar-refractivity contribution in [2.75, 3.05) is 14.2 Å². The van der Waals surface area contributed by atoms with Gasteiger partial charge in [-0.3, -0.25) is 0 Å². The maximum atomic E-state index is 7.00. The zero-order valence-corrected chi connectivity index (χ0v) is 5.77. The summed E-state index contributed by atoms with van der Waals surface area (Å²) in [5.74, 6) is 0. The molecule has 0 amide bonds. The van der Waals surface area contributed by atoms with Crippen LogP contribution in [0.25, 0.3) is 0 Å². The van der Waals surface area contributed by atoms with E-state index in [0.717, 1.165) is 14.2 Å². The van der Waals surface area contributed by atoms with Crippen LogP contribution in [0, 0.1) is 0 Å². The van der Waals surface area contributed by atoms with Gasteiger partial charge in [0, 0.05) is 14.2 Å². The Morgan fingerprint density at radius 3 is 1.12 bits per heavy atom. The largest absolute Gasteiger partial charge is 0.400 e. The van der Waals surface area contributed by atoms with Gasteiger partial charge in [0.25, 0.3) is 0 Å². The molecule has 0 saturated carbocycles. The van der Waals surface area contributed by atoms with Crippen LogP contribution in [0.3, 0.4) is 0 Å². The second-order valence-corrected chi connectivity index (χ2v) is 0.874. The first-order chi connectivity index (χ1) is 3.73. The number of hydrogen-bond acceptors (Lipinski definition) is 3. The molecule has 0 saturated heterocycles. The summed E-state index contributed by atoms with van der Waals surface area (Å²) in [5.41, 5.74) is 9.24. The molecule has 0 aromatic rings. The molecular weight excluding hydrogens is 128 g/mol. The van der Waals surface area contributed by atoms with Crippen LogP contribution < -0.4 is 11.5 Å². The molecule has 0 aliphatic rings. The molecule has 0 fully saturated rings. The van der Waals surface area contributed by atoms with Gasteiger partial charge in [0.1, 0.15) is 0 Å². The average Bonchev–Trinajstić information content (AvgIpc) is 1.75. The van der Waals surface area contributed by atoms with E-state index in [0.29, 0.717) is 0 Å². The molecule has 0 heterocycles. The van der Waals surface area contributed by atoms with Crippen molar-refractivity contribution in [3.05, 3.63) is 0 Å². The van der Waals surface area contributed by atoms with Crippen LogP contribution >= 0.6 is 12.2 Å². The van der Waals surface area contributed by atoms with Crippen molar-refractivity contribution < 1.29 is 10.2 Å². The van der Waals surface area contributed by atoms with E-state index in [1.807, 2.05) is 0 Å². The minimum absolute atomic E-state index is 0.000000000000000222. The maximum Gasteiger partial charge on any atom is 0.160 e. The van der Waals surface area contributed by atoms with E-state index < -0.39 is 0 Å². The molecule has 6 N–H and O–H groups in total. The van der Waals surface area contributed by atoms with Crippen LogP contribution in [0.2, 0.25) is 0 Å². The Bertz CT molecular complexity index is 38.3. The molecule has 4 nitrogen and oxygen atoms in total. The molecule has 0 atom stereocenters. The summed E-state index contributed by atoms with van der Waals surface area (Å²) < 4.78 is 0. The van der Waals surface area contributed by atoms with Gasteiger partial charge < -0.3 is 21.7 Å². The molecule has 0 rings (SSSR count). The summed E-state index contributed by atoms with van der Waals surface area (Å²) in [5, 5.41) is 14.0. The molecule has 0 spiro atoms. The van der Waals surface area contributed by atoms with Gasteiger partial charge in [-0.25, -0.2) is 0 Å². The molecule has 0 unspecified atom stereocenters. The van der Waals surface area contributed by atoms with Crippen LogP contribution in [0.1, 0.15) is 0 Å². The van der Waals surface area contributed by atoms with Crippen LogP contribution in [0.4, 0.5) is 0 Å². The maximum absolute atomic E-state index is 7.00. The number of thiocarbonyl (C=S) groups is 1. The minimum Gasteiger partial charge on any atom is -0.400 e. The number of nitrogens with two attached hydrogens (primary N) is 2. The Balaban J connectivity index is -0.0000000542.